The number of rotatable bonds is 32. The number of carboxylic acid groups (broad SMARTS) is 1. The van der Waals surface area contributed by atoms with Crippen molar-refractivity contribution in [1.82, 2.24) is 48.7 Å². The summed E-state index contributed by atoms with van der Waals surface area (Å²) < 4.78 is 150. The fourth-order valence-corrected chi connectivity index (χ4v) is 16.8. The number of carbonyl (C=O) groups excluding carboxylic acids is 2. The lowest BCUT2D eigenvalue weighted by Crippen LogP contribution is -2.41. The van der Waals surface area contributed by atoms with Crippen LogP contribution in [-0.2, 0) is 53.1 Å². The number of amides is 2. The molecule has 7 heterocycles. The lowest BCUT2D eigenvalue weighted by molar-refractivity contribution is -0.192. The summed E-state index contributed by atoms with van der Waals surface area (Å²) >= 11 is 0. The van der Waals surface area contributed by atoms with Crippen molar-refractivity contribution in [2.75, 3.05) is 58.9 Å². The molecule has 702 valence electrons. The number of carbonyl (C=O) groups is 3. The highest BCUT2D eigenvalue weighted by Gasteiger charge is 2.55. The van der Waals surface area contributed by atoms with Crippen molar-refractivity contribution < 1.29 is 102 Å². The van der Waals surface area contributed by atoms with Crippen LogP contribution in [0.1, 0.15) is 128 Å². The number of nitrogens with one attached hydrogen (secondary N) is 2. The summed E-state index contributed by atoms with van der Waals surface area (Å²) in [7, 11) is 1.19. The summed E-state index contributed by atoms with van der Waals surface area (Å²) in [6.45, 7) is 16.4. The Labute approximate surface area is 773 Å². The van der Waals surface area contributed by atoms with E-state index in [0.29, 0.717) is 50.7 Å². The number of alkyl halides is 5. The molecule has 13 aromatic rings. The van der Waals surface area contributed by atoms with E-state index in [-0.39, 0.29) is 72.3 Å². The fraction of sp³-hybridized carbons (Fsp3) is 0.309. The minimum Gasteiger partial charge on any atom is -0.497 e. The monoisotopic (exact) mass is 1880 g/mol. The highest BCUT2D eigenvalue weighted by atomic mass is 31.2. The summed E-state index contributed by atoms with van der Waals surface area (Å²) in [6, 6.07) is 74.2. The number of hydrogen-bond acceptors (Lipinski definition) is 24. The number of pyridine rings is 1. The van der Waals surface area contributed by atoms with Crippen molar-refractivity contribution in [2.24, 2.45) is 5.41 Å². The lowest BCUT2D eigenvalue weighted by Gasteiger charge is -2.39. The minimum absolute atomic E-state index is 0.0567. The Morgan fingerprint density at radius 1 is 0.515 bits per heavy atom. The smallest absolute Gasteiger partial charge is 0.497 e. The molecule has 10 atom stereocenters. The highest BCUT2D eigenvalue weighted by molar-refractivity contribution is 7.44. The van der Waals surface area contributed by atoms with Crippen molar-refractivity contribution >= 4 is 68.5 Å². The zero-order chi connectivity index (χ0) is 96.3. The Morgan fingerprint density at radius 3 is 1.15 bits per heavy atom. The van der Waals surface area contributed by atoms with Crippen LogP contribution < -0.4 is 29.6 Å². The molecule has 0 radical (unpaired) electrons. The number of methoxy groups -OCH3 is 4. The fourth-order valence-electron chi connectivity index (χ4n) is 14.5. The van der Waals surface area contributed by atoms with Gasteiger partial charge >= 0.3 is 20.4 Å². The number of nitriles is 1. The second kappa shape index (κ2) is 47.5. The molecular weight excluding hydrogens is 1780 g/mol. The number of halogens is 5. The molecule has 0 spiro atoms. The number of aliphatic carboxylic acids is 1. The van der Waals surface area contributed by atoms with E-state index in [9.17, 15) is 37.5 Å². The largest absolute Gasteiger partial charge is 0.695 e. The molecule has 30 nitrogen and oxygen atoms in total. The van der Waals surface area contributed by atoms with Crippen LogP contribution in [-0.4, -0.2) is 180 Å². The van der Waals surface area contributed by atoms with E-state index in [1.54, 1.807) is 95.4 Å². The maximum atomic E-state index is 17.7. The molecule has 2 unspecified atom stereocenters. The molecule has 4 N–H and O–H groups in total. The molecule has 2 amide bonds. The van der Waals surface area contributed by atoms with Crippen LogP contribution in [0.25, 0.3) is 22.3 Å². The van der Waals surface area contributed by atoms with E-state index in [0.717, 1.165) is 22.3 Å². The molecule has 15 rings (SSSR count). The van der Waals surface area contributed by atoms with Gasteiger partial charge in [0.25, 0.3) is 20.3 Å². The van der Waals surface area contributed by atoms with Gasteiger partial charge in [-0.25, -0.2) is 48.1 Å². The number of imidazole rings is 2. The number of fused-ring (bicyclic) bond motifs is 2. The molecule has 2 fully saturated rings. The van der Waals surface area contributed by atoms with Gasteiger partial charge in [-0.3, -0.25) is 23.7 Å². The van der Waals surface area contributed by atoms with Gasteiger partial charge < -0.3 is 62.7 Å². The van der Waals surface area contributed by atoms with E-state index >= 15 is 8.78 Å². The molecule has 8 aromatic carbocycles. The van der Waals surface area contributed by atoms with Crippen molar-refractivity contribution in [1.29, 1.82) is 5.26 Å². The Morgan fingerprint density at radius 2 is 0.843 bits per heavy atom. The topological polar surface area (TPSA) is 361 Å². The average Bonchev–Trinajstić information content (AvgIpc) is 1.13. The number of nitrogens with zero attached hydrogens (tertiary/aromatic N) is 11. The van der Waals surface area contributed by atoms with Crippen molar-refractivity contribution in [3.8, 4) is 29.1 Å². The van der Waals surface area contributed by atoms with Gasteiger partial charge in [0.1, 0.15) is 65.2 Å². The predicted molar refractivity (Wildman–Crippen MR) is 491 cm³/mol. The van der Waals surface area contributed by atoms with Crippen LogP contribution in [0.3, 0.4) is 0 Å². The number of benzene rings is 8. The van der Waals surface area contributed by atoms with Crippen molar-refractivity contribution in [3.05, 3.63) is 319 Å². The first-order valence-corrected chi connectivity index (χ1v) is 44.5. The first-order valence-electron chi connectivity index (χ1n) is 42.2. The summed E-state index contributed by atoms with van der Waals surface area (Å²) in [5, 5.41) is 22.1. The molecule has 2 saturated heterocycles. The van der Waals surface area contributed by atoms with Gasteiger partial charge in [-0.2, -0.15) is 18.4 Å². The molecule has 0 aliphatic carbocycles. The molecule has 0 saturated carbocycles. The second-order valence-corrected chi connectivity index (χ2v) is 34.2. The summed E-state index contributed by atoms with van der Waals surface area (Å²) in [5.74, 6) is -0.727. The number of hydrogen-bond donors (Lipinski definition) is 4. The molecule has 2 aliphatic rings. The van der Waals surface area contributed by atoms with Gasteiger partial charge in [-0.05, 0) is 151 Å². The van der Waals surface area contributed by atoms with Crippen LogP contribution >= 0.6 is 16.8 Å². The molecule has 37 heteroatoms. The Kier molecular flexibility index (Phi) is 36.0. The number of aromatic nitrogens is 9. The van der Waals surface area contributed by atoms with Crippen LogP contribution in [0.5, 0.6) is 23.0 Å². The third kappa shape index (κ3) is 25.7. The van der Waals surface area contributed by atoms with Crippen LogP contribution in [0.15, 0.2) is 274 Å². The molecule has 2 aliphatic heterocycles. The van der Waals surface area contributed by atoms with Gasteiger partial charge in [0.15, 0.2) is 64.9 Å². The maximum Gasteiger partial charge on any atom is 0.695 e. The molecule has 0 bridgehead atoms. The molecule has 5 aromatic heterocycles. The first-order chi connectivity index (χ1) is 64.3. The first kappa shape index (κ1) is 101. The third-order valence-electron chi connectivity index (χ3n) is 20.5. The van der Waals surface area contributed by atoms with Gasteiger partial charge in [-0.15, -0.1) is 9.42 Å². The van der Waals surface area contributed by atoms with E-state index < -0.39 is 101 Å². The SMILES string of the molecule is CC(C)(C)C.COc1ccc(C(OC[C@H]2O[C@@H](n3cnc4c(NC(=O)c5ccccc5)ncnc43)[C@H](F)[C@@H]2OP(OCCC#N)N(C(C)C)C(C)C)(c2ccccc2)c2ccc(OC)cc2)cc1.COc1ccc(C(OC[C@H]2O[C@@H](n3cnc4c(NC(=O)c5ccccc5)ncnc43)[C@H](F)[C@@H]2O[P+](=O)O)(c2ccccc2)c2ccc(OC)cc2)cc1.O=C(O)C(F)(F)F.c1ccncc1. The number of ether oxygens (including phenoxy) is 8. The van der Waals surface area contributed by atoms with Crippen LogP contribution in [0.4, 0.5) is 33.6 Å². The van der Waals surface area contributed by atoms with Gasteiger partial charge in [0.2, 0.25) is 0 Å². The summed E-state index contributed by atoms with van der Waals surface area (Å²) in [4.78, 5) is 74.7. The Balaban J connectivity index is 0.000000219. The number of anilines is 2. The summed E-state index contributed by atoms with van der Waals surface area (Å²) in [5.41, 5.74) is 4.12. The maximum absolute atomic E-state index is 17.7. The third-order valence-corrected chi connectivity index (χ3v) is 23.1. The van der Waals surface area contributed by atoms with Crippen LogP contribution in [0.2, 0.25) is 0 Å². The Hall–Kier alpha value is -13.1. The lowest BCUT2D eigenvalue weighted by atomic mass is 9.80. The predicted octanol–water partition coefficient (Wildman–Crippen LogP) is 19.1. The van der Waals surface area contributed by atoms with Crippen molar-refractivity contribution in [3.63, 3.8) is 0 Å². The zero-order valence-electron chi connectivity index (χ0n) is 75.3. The molecule has 134 heavy (non-hydrogen) atoms. The molecular formula is C97H103F5N13O17P2+. The average molecular weight is 1880 g/mol. The Bertz CT molecular complexity index is 5820. The van der Waals surface area contributed by atoms with Gasteiger partial charge in [0, 0.05) is 40.2 Å². The van der Waals surface area contributed by atoms with Crippen molar-refractivity contribution in [2.45, 2.75) is 140 Å². The second-order valence-electron chi connectivity index (χ2n) is 32.1. The zero-order valence-corrected chi connectivity index (χ0v) is 77.1. The van der Waals surface area contributed by atoms with E-state index in [4.69, 9.17) is 61.4 Å². The van der Waals surface area contributed by atoms with Crippen LogP contribution in [0, 0.1) is 16.7 Å². The normalized spacial score (nSPS) is 17.4. The van der Waals surface area contributed by atoms with Gasteiger partial charge in [0.05, 0.1) is 73.4 Å². The quantitative estimate of drug-likeness (QED) is 0.0132. The van der Waals surface area contributed by atoms with E-state index in [1.807, 2.05) is 214 Å². The highest BCUT2D eigenvalue weighted by Crippen LogP contribution is 2.53. The summed E-state index contributed by atoms with van der Waals surface area (Å²) in [6.07, 6.45) is -7.78. The standard InChI is InChI=1S/C47H51FN7O7P.C38H33FN5O8P.C5H5N.C5H12.C2HF3O2/c1-31(2)55(32(3)4)63(60-27-13-26-49)62-42-39(61-46(40(42)48)54-30-52-41-43(50-29-51-44(41)54)53-45(56)33-14-9-7-10-15-33)28-59-47(34-16-11-8-12-17-34,35-18-22-37(57-5)23-19-35)36-20-24-38(58-6)25-21-36;1-48-28-17-13-26(14-18-28)38(25-11-7-4-8-12-25,27-15-19-29(49-2)20-16-27)50-21-30-33(52-53(46)47)31(39)37(51-30)44-23-42-32-34(40-22-41-35(32)44)43-36(45)24-9-5-3-6-10-24;1-2-4-6-5-3-1;1-5(2,3)4;3-2(4,5)1(6)7/h7-12,14-25,29-32,39-40,42,46H,13,27-28H2,1-6H3,(H,50,51,53,56);3-20,22-23,30-31,33,37H,21H2,1-2H3,(H-,40,41,43,45,46,47);1-5H;1-4H3;(H,6,7)/p+1/t39-,40-,42-,46-,63?;30-,31-,33-,37-;;;/m11.../s1. The minimum atomic E-state index is -5.08. The van der Waals surface area contributed by atoms with E-state index in [2.05, 4.69) is 79.3 Å². The van der Waals surface area contributed by atoms with Gasteiger partial charge in [-0.1, -0.05) is 179 Å². The number of carboxylic acids is 1. The van der Waals surface area contributed by atoms with E-state index in [1.165, 1.54) is 34.4 Å².